The van der Waals surface area contributed by atoms with Crippen LogP contribution in [-0.4, -0.2) is 28.6 Å². The normalized spacial score (nSPS) is 19.1. The Bertz CT molecular complexity index is 867. The van der Waals surface area contributed by atoms with Gasteiger partial charge in [-0.25, -0.2) is 0 Å². The molecule has 0 aliphatic carbocycles. The number of hydrogen-bond acceptors (Lipinski definition) is 2. The van der Waals surface area contributed by atoms with Crippen LogP contribution in [0, 0.1) is 0 Å². The van der Waals surface area contributed by atoms with E-state index >= 15 is 0 Å². The predicted molar refractivity (Wildman–Crippen MR) is 106 cm³/mol. The summed E-state index contributed by atoms with van der Waals surface area (Å²) in [6, 6.07) is 9.35. The summed E-state index contributed by atoms with van der Waals surface area (Å²) in [6.45, 7) is 2.49. The number of carbonyl (C=O) groups is 1. The number of likely N-dealkylation sites (tertiary alicyclic amines) is 1. The molecule has 1 N–H and O–H groups in total. The number of carboxylic acids is 1. The second-order valence-corrected chi connectivity index (χ2v) is 7.73. The Hall–Kier alpha value is -2.05. The maximum atomic E-state index is 13.4. The van der Waals surface area contributed by atoms with E-state index in [0.29, 0.717) is 13.0 Å². The minimum atomic E-state index is -4.51. The van der Waals surface area contributed by atoms with Crippen molar-refractivity contribution in [1.82, 2.24) is 4.90 Å². The van der Waals surface area contributed by atoms with Crippen molar-refractivity contribution < 1.29 is 23.1 Å². The van der Waals surface area contributed by atoms with E-state index in [1.807, 2.05) is 31.2 Å². The molecule has 1 aliphatic heterocycles. The minimum Gasteiger partial charge on any atom is -0.480 e. The molecule has 3 nitrogen and oxygen atoms in total. The van der Waals surface area contributed by atoms with E-state index in [4.69, 9.17) is 11.6 Å². The van der Waals surface area contributed by atoms with E-state index in [-0.39, 0.29) is 10.6 Å². The van der Waals surface area contributed by atoms with Crippen LogP contribution in [0.25, 0.3) is 0 Å². The highest BCUT2D eigenvalue weighted by Crippen LogP contribution is 2.40. The van der Waals surface area contributed by atoms with Gasteiger partial charge in [0.25, 0.3) is 0 Å². The monoisotopic (exact) mass is 425 g/mol. The highest BCUT2D eigenvalue weighted by Gasteiger charge is 2.37. The molecule has 0 radical (unpaired) electrons. The van der Waals surface area contributed by atoms with Gasteiger partial charge in [-0.1, -0.05) is 49.2 Å². The van der Waals surface area contributed by atoms with Crippen LogP contribution >= 0.6 is 11.6 Å². The molecule has 1 heterocycles. The zero-order valence-electron chi connectivity index (χ0n) is 16.0. The first-order valence-corrected chi connectivity index (χ1v) is 10.0. The number of hydrogen-bond donors (Lipinski definition) is 1. The SMILES string of the molecule is CCc1ccc(C(c2cc(C(F)(F)F)ccc2Cl)N2CCCCC2C(=O)O)cc1. The minimum absolute atomic E-state index is 0.192. The quantitative estimate of drug-likeness (QED) is 0.643. The molecular formula is C22H23ClF3NO2. The van der Waals surface area contributed by atoms with Gasteiger partial charge in [0.2, 0.25) is 0 Å². The van der Waals surface area contributed by atoms with Gasteiger partial charge in [-0.05, 0) is 60.7 Å². The first kappa shape index (κ1) is 21.7. The number of rotatable bonds is 5. The zero-order chi connectivity index (χ0) is 21.2. The fourth-order valence-electron chi connectivity index (χ4n) is 3.94. The number of nitrogens with zero attached hydrogens (tertiary/aromatic N) is 1. The first-order chi connectivity index (χ1) is 13.7. The molecule has 1 fully saturated rings. The van der Waals surface area contributed by atoms with E-state index in [0.717, 1.165) is 42.5 Å². The highest BCUT2D eigenvalue weighted by atomic mass is 35.5. The predicted octanol–water partition coefficient (Wildman–Crippen LogP) is 5.95. The van der Waals surface area contributed by atoms with Gasteiger partial charge >= 0.3 is 12.1 Å². The summed E-state index contributed by atoms with van der Waals surface area (Å²) >= 11 is 6.35. The molecule has 0 bridgehead atoms. The van der Waals surface area contributed by atoms with Gasteiger partial charge in [-0.2, -0.15) is 13.2 Å². The second kappa shape index (κ2) is 8.76. The van der Waals surface area contributed by atoms with Crippen molar-refractivity contribution in [3.63, 3.8) is 0 Å². The number of carboxylic acid groups (broad SMARTS) is 1. The average Bonchev–Trinajstić information content (AvgIpc) is 2.69. The molecule has 0 saturated carbocycles. The van der Waals surface area contributed by atoms with Crippen LogP contribution in [0.15, 0.2) is 42.5 Å². The number of aliphatic carboxylic acids is 1. The molecule has 1 aliphatic rings. The largest absolute Gasteiger partial charge is 0.480 e. The summed E-state index contributed by atoms with van der Waals surface area (Å²) in [6.07, 6.45) is -1.68. The van der Waals surface area contributed by atoms with Crippen molar-refractivity contribution in [2.45, 2.75) is 50.9 Å². The zero-order valence-corrected chi connectivity index (χ0v) is 16.8. The Morgan fingerprint density at radius 1 is 1.21 bits per heavy atom. The topological polar surface area (TPSA) is 40.5 Å². The molecule has 0 amide bonds. The third-order valence-corrected chi connectivity index (χ3v) is 5.83. The molecule has 156 valence electrons. The molecule has 0 spiro atoms. The lowest BCUT2D eigenvalue weighted by molar-refractivity contribution is -0.145. The van der Waals surface area contributed by atoms with Crippen LogP contribution in [0.3, 0.4) is 0 Å². The second-order valence-electron chi connectivity index (χ2n) is 7.32. The molecule has 2 aromatic rings. The van der Waals surface area contributed by atoms with Crippen LogP contribution < -0.4 is 0 Å². The van der Waals surface area contributed by atoms with Crippen LogP contribution in [0.5, 0.6) is 0 Å². The van der Waals surface area contributed by atoms with Crippen molar-refractivity contribution in [2.24, 2.45) is 0 Å². The molecule has 29 heavy (non-hydrogen) atoms. The number of benzene rings is 2. The van der Waals surface area contributed by atoms with E-state index in [2.05, 4.69) is 0 Å². The molecule has 1 saturated heterocycles. The van der Waals surface area contributed by atoms with Crippen molar-refractivity contribution in [2.75, 3.05) is 6.54 Å². The summed E-state index contributed by atoms with van der Waals surface area (Å²) in [4.78, 5) is 13.7. The molecule has 2 aromatic carbocycles. The maximum absolute atomic E-state index is 13.4. The lowest BCUT2D eigenvalue weighted by Crippen LogP contribution is -2.47. The summed E-state index contributed by atoms with van der Waals surface area (Å²) in [5.41, 5.74) is 1.31. The van der Waals surface area contributed by atoms with E-state index < -0.39 is 29.8 Å². The van der Waals surface area contributed by atoms with Gasteiger partial charge < -0.3 is 5.11 Å². The highest BCUT2D eigenvalue weighted by molar-refractivity contribution is 6.31. The Balaban J connectivity index is 2.16. The standard InChI is InChI=1S/C22H23ClF3NO2/c1-2-14-6-8-15(9-7-14)20(27-12-4-3-5-19(27)21(28)29)17-13-16(22(24,25)26)10-11-18(17)23/h6-11,13,19-20H,2-5,12H2,1H3,(H,28,29). The lowest BCUT2D eigenvalue weighted by Gasteiger charge is -2.40. The van der Waals surface area contributed by atoms with Crippen LogP contribution in [0.1, 0.15) is 54.5 Å². The number of halogens is 4. The lowest BCUT2D eigenvalue weighted by atomic mass is 9.90. The van der Waals surface area contributed by atoms with Crippen molar-refractivity contribution in [1.29, 1.82) is 0 Å². The van der Waals surface area contributed by atoms with E-state index in [9.17, 15) is 23.1 Å². The number of alkyl halides is 3. The van der Waals surface area contributed by atoms with Gasteiger partial charge in [-0.15, -0.1) is 0 Å². The summed E-state index contributed by atoms with van der Waals surface area (Å²) in [5, 5.41) is 9.92. The Labute approximate surface area is 173 Å². The van der Waals surface area contributed by atoms with Crippen molar-refractivity contribution >= 4 is 17.6 Å². The van der Waals surface area contributed by atoms with Gasteiger partial charge in [0, 0.05) is 5.02 Å². The Kier molecular flexibility index (Phi) is 6.54. The molecule has 2 unspecified atom stereocenters. The molecule has 2 atom stereocenters. The number of piperidine rings is 1. The van der Waals surface area contributed by atoms with E-state index in [1.54, 1.807) is 4.90 Å². The van der Waals surface area contributed by atoms with Gasteiger partial charge in [0.15, 0.2) is 0 Å². The molecule has 3 rings (SSSR count). The first-order valence-electron chi connectivity index (χ1n) is 9.66. The number of aryl methyl sites for hydroxylation is 1. The Morgan fingerprint density at radius 3 is 2.48 bits per heavy atom. The summed E-state index contributed by atoms with van der Waals surface area (Å²) in [7, 11) is 0. The fourth-order valence-corrected chi connectivity index (χ4v) is 4.16. The van der Waals surface area contributed by atoms with Crippen LogP contribution in [-0.2, 0) is 17.4 Å². The summed E-state index contributed by atoms with van der Waals surface area (Å²) in [5.74, 6) is -0.969. The third-order valence-electron chi connectivity index (χ3n) is 5.48. The van der Waals surface area contributed by atoms with Gasteiger partial charge in [0.05, 0.1) is 11.6 Å². The third kappa shape index (κ3) is 4.75. The van der Waals surface area contributed by atoms with Crippen molar-refractivity contribution in [3.8, 4) is 0 Å². The molecular weight excluding hydrogens is 403 g/mol. The fraction of sp³-hybridized carbons (Fsp3) is 0.409. The van der Waals surface area contributed by atoms with Gasteiger partial charge in [-0.3, -0.25) is 9.69 Å². The van der Waals surface area contributed by atoms with Crippen LogP contribution in [0.4, 0.5) is 13.2 Å². The molecule has 0 aromatic heterocycles. The van der Waals surface area contributed by atoms with Crippen LogP contribution in [0.2, 0.25) is 5.02 Å². The van der Waals surface area contributed by atoms with Crippen molar-refractivity contribution in [3.05, 3.63) is 69.7 Å². The summed E-state index contributed by atoms with van der Waals surface area (Å²) < 4.78 is 40.1. The maximum Gasteiger partial charge on any atom is 0.416 e. The molecule has 7 heteroatoms. The van der Waals surface area contributed by atoms with Gasteiger partial charge in [0.1, 0.15) is 6.04 Å². The smallest absolute Gasteiger partial charge is 0.416 e. The average molecular weight is 426 g/mol. The Morgan fingerprint density at radius 2 is 1.90 bits per heavy atom. The van der Waals surface area contributed by atoms with E-state index in [1.165, 1.54) is 6.07 Å².